The van der Waals surface area contributed by atoms with E-state index in [0.29, 0.717) is 13.0 Å². The third kappa shape index (κ3) is 2.25. The molecule has 1 saturated heterocycles. The molecule has 0 aromatic carbocycles. The minimum atomic E-state index is -0.201. The Hall–Kier alpha value is -1.06. The maximum Gasteiger partial charge on any atom is 0.311 e. The zero-order chi connectivity index (χ0) is 10.7. The number of hydrogen-bond acceptors (Lipinski definition) is 3. The predicted molar refractivity (Wildman–Crippen MR) is 51.5 cm³/mol. The number of ether oxygens (including phenoxy) is 1. The van der Waals surface area contributed by atoms with Crippen LogP contribution in [0.2, 0.25) is 0 Å². The molecule has 0 aliphatic carbocycles. The topological polar surface area (TPSA) is 55.4 Å². The molecule has 3 unspecified atom stereocenters. The Morgan fingerprint density at radius 2 is 2.21 bits per heavy atom. The van der Waals surface area contributed by atoms with Crippen molar-refractivity contribution in [2.24, 2.45) is 11.8 Å². The normalized spacial score (nSPS) is 32.2. The minimum absolute atomic E-state index is 0.0190. The number of rotatable bonds is 2. The van der Waals surface area contributed by atoms with Crippen molar-refractivity contribution in [3.63, 3.8) is 0 Å². The van der Waals surface area contributed by atoms with Gasteiger partial charge in [-0.1, -0.05) is 6.92 Å². The first-order chi connectivity index (χ1) is 6.56. The zero-order valence-electron chi connectivity index (χ0n) is 8.87. The fourth-order valence-corrected chi connectivity index (χ4v) is 1.99. The first kappa shape index (κ1) is 11.0. The van der Waals surface area contributed by atoms with Gasteiger partial charge in [0, 0.05) is 12.5 Å². The first-order valence-electron chi connectivity index (χ1n) is 5.02. The average Bonchev–Trinajstić information content (AvgIpc) is 2.01. The Labute approximate surface area is 84.0 Å². The van der Waals surface area contributed by atoms with Crippen LogP contribution in [0.1, 0.15) is 27.2 Å². The number of esters is 1. The first-order valence-corrected chi connectivity index (χ1v) is 5.02. The third-order valence-corrected chi connectivity index (χ3v) is 2.61. The van der Waals surface area contributed by atoms with Crippen LogP contribution in [0, 0.1) is 11.8 Å². The number of carbonyl (C=O) groups excluding carboxylic acids is 2. The molecule has 1 fully saturated rings. The maximum absolute atomic E-state index is 11.6. The SMILES string of the molecule is CCOC(=O)C1C(C)CC(=O)NC1C. The molecule has 0 radical (unpaired) electrons. The molecule has 0 saturated carbocycles. The van der Waals surface area contributed by atoms with E-state index in [1.165, 1.54) is 0 Å². The van der Waals surface area contributed by atoms with Gasteiger partial charge in [0.05, 0.1) is 12.5 Å². The lowest BCUT2D eigenvalue weighted by atomic mass is 9.82. The highest BCUT2D eigenvalue weighted by atomic mass is 16.5. The quantitative estimate of drug-likeness (QED) is 0.666. The summed E-state index contributed by atoms with van der Waals surface area (Å²) in [6, 6.07) is -0.120. The summed E-state index contributed by atoms with van der Waals surface area (Å²) in [5.41, 5.74) is 0. The van der Waals surface area contributed by atoms with Crippen molar-refractivity contribution in [1.29, 1.82) is 0 Å². The van der Waals surface area contributed by atoms with Gasteiger partial charge in [-0.25, -0.2) is 0 Å². The van der Waals surface area contributed by atoms with Crippen LogP contribution in [0.5, 0.6) is 0 Å². The number of piperidine rings is 1. The van der Waals surface area contributed by atoms with Gasteiger partial charge in [-0.3, -0.25) is 9.59 Å². The number of carbonyl (C=O) groups is 2. The fraction of sp³-hybridized carbons (Fsp3) is 0.800. The Balaban J connectivity index is 2.66. The van der Waals surface area contributed by atoms with Crippen LogP contribution in [-0.2, 0) is 14.3 Å². The summed E-state index contributed by atoms with van der Waals surface area (Å²) in [5, 5.41) is 2.76. The van der Waals surface area contributed by atoms with E-state index < -0.39 is 0 Å². The standard InChI is InChI=1S/C10H17NO3/c1-4-14-10(13)9-6(2)5-8(12)11-7(9)3/h6-7,9H,4-5H2,1-3H3,(H,11,12). The summed E-state index contributed by atoms with van der Waals surface area (Å²) in [6.45, 7) is 5.93. The lowest BCUT2D eigenvalue weighted by molar-refractivity contribution is -0.153. The molecule has 80 valence electrons. The second-order valence-corrected chi connectivity index (χ2v) is 3.82. The van der Waals surface area contributed by atoms with Crippen LogP contribution in [0.4, 0.5) is 0 Å². The summed E-state index contributed by atoms with van der Waals surface area (Å²) in [7, 11) is 0. The van der Waals surface area contributed by atoms with E-state index in [0.717, 1.165) is 0 Å². The molecule has 1 rings (SSSR count). The molecule has 1 amide bonds. The molecule has 3 atom stereocenters. The number of hydrogen-bond donors (Lipinski definition) is 1. The molecular weight excluding hydrogens is 182 g/mol. The molecule has 0 aromatic rings. The smallest absolute Gasteiger partial charge is 0.311 e. The van der Waals surface area contributed by atoms with Crippen molar-refractivity contribution in [1.82, 2.24) is 5.32 Å². The van der Waals surface area contributed by atoms with Crippen molar-refractivity contribution < 1.29 is 14.3 Å². The second kappa shape index (κ2) is 4.44. The molecule has 1 heterocycles. The van der Waals surface area contributed by atoms with Crippen molar-refractivity contribution in [3.8, 4) is 0 Å². The molecule has 0 spiro atoms. The van der Waals surface area contributed by atoms with Crippen LogP contribution >= 0.6 is 0 Å². The molecule has 4 nitrogen and oxygen atoms in total. The minimum Gasteiger partial charge on any atom is -0.466 e. The Bertz CT molecular complexity index is 226. The van der Waals surface area contributed by atoms with Gasteiger partial charge in [0.15, 0.2) is 0 Å². The monoisotopic (exact) mass is 199 g/mol. The van der Waals surface area contributed by atoms with Crippen LogP contribution in [0.25, 0.3) is 0 Å². The largest absolute Gasteiger partial charge is 0.466 e. The molecule has 0 bridgehead atoms. The highest BCUT2D eigenvalue weighted by Crippen LogP contribution is 2.24. The van der Waals surface area contributed by atoms with Crippen molar-refractivity contribution in [2.45, 2.75) is 33.2 Å². The van der Waals surface area contributed by atoms with E-state index in [2.05, 4.69) is 5.32 Å². The maximum atomic E-state index is 11.6. The molecule has 0 aromatic heterocycles. The lowest BCUT2D eigenvalue weighted by Crippen LogP contribution is -2.50. The molecule has 1 N–H and O–H groups in total. The van der Waals surface area contributed by atoms with Gasteiger partial charge in [0.25, 0.3) is 0 Å². The Morgan fingerprint density at radius 3 is 2.71 bits per heavy atom. The van der Waals surface area contributed by atoms with Gasteiger partial charge in [0.2, 0.25) is 5.91 Å². The van der Waals surface area contributed by atoms with E-state index in [1.807, 2.05) is 13.8 Å². The van der Waals surface area contributed by atoms with Crippen LogP contribution in [-0.4, -0.2) is 24.5 Å². The molecular formula is C10H17NO3. The van der Waals surface area contributed by atoms with Gasteiger partial charge in [-0.15, -0.1) is 0 Å². The fourth-order valence-electron chi connectivity index (χ4n) is 1.99. The molecule has 1 aliphatic rings. The van der Waals surface area contributed by atoms with Gasteiger partial charge in [-0.05, 0) is 19.8 Å². The highest BCUT2D eigenvalue weighted by Gasteiger charge is 2.37. The van der Waals surface area contributed by atoms with Gasteiger partial charge in [0.1, 0.15) is 0 Å². The Kier molecular flexibility index (Phi) is 3.49. The van der Waals surface area contributed by atoms with E-state index in [-0.39, 0.29) is 29.8 Å². The molecule has 1 aliphatic heterocycles. The average molecular weight is 199 g/mol. The van der Waals surface area contributed by atoms with E-state index >= 15 is 0 Å². The van der Waals surface area contributed by atoms with Gasteiger partial charge < -0.3 is 10.1 Å². The van der Waals surface area contributed by atoms with Crippen LogP contribution < -0.4 is 5.32 Å². The predicted octanol–water partition coefficient (Wildman–Crippen LogP) is 0.710. The van der Waals surface area contributed by atoms with E-state index in [9.17, 15) is 9.59 Å². The highest BCUT2D eigenvalue weighted by molar-refractivity contribution is 5.82. The summed E-state index contributed by atoms with van der Waals surface area (Å²) >= 11 is 0. The van der Waals surface area contributed by atoms with E-state index in [4.69, 9.17) is 4.74 Å². The van der Waals surface area contributed by atoms with Crippen LogP contribution in [0.3, 0.4) is 0 Å². The van der Waals surface area contributed by atoms with E-state index in [1.54, 1.807) is 6.92 Å². The van der Waals surface area contributed by atoms with Crippen molar-refractivity contribution in [3.05, 3.63) is 0 Å². The second-order valence-electron chi connectivity index (χ2n) is 3.82. The molecule has 14 heavy (non-hydrogen) atoms. The summed E-state index contributed by atoms with van der Waals surface area (Å²) in [5.74, 6) is -0.316. The van der Waals surface area contributed by atoms with Gasteiger partial charge in [-0.2, -0.15) is 0 Å². The third-order valence-electron chi connectivity index (χ3n) is 2.61. The molecule has 4 heteroatoms. The number of amides is 1. The number of nitrogens with one attached hydrogen (secondary N) is 1. The lowest BCUT2D eigenvalue weighted by Gasteiger charge is -2.32. The summed E-state index contributed by atoms with van der Waals surface area (Å²) < 4.78 is 4.97. The van der Waals surface area contributed by atoms with Crippen molar-refractivity contribution in [2.75, 3.05) is 6.61 Å². The van der Waals surface area contributed by atoms with Crippen molar-refractivity contribution >= 4 is 11.9 Å². The zero-order valence-corrected chi connectivity index (χ0v) is 8.87. The van der Waals surface area contributed by atoms with Gasteiger partial charge >= 0.3 is 5.97 Å². The summed E-state index contributed by atoms with van der Waals surface area (Å²) in [4.78, 5) is 22.7. The summed E-state index contributed by atoms with van der Waals surface area (Å²) in [6.07, 6.45) is 0.411. The Morgan fingerprint density at radius 1 is 1.57 bits per heavy atom. The van der Waals surface area contributed by atoms with Crippen LogP contribution in [0.15, 0.2) is 0 Å².